The molecular weight excluding hydrogens is 236 g/mol. The van der Waals surface area contributed by atoms with Gasteiger partial charge in [0.15, 0.2) is 0 Å². The van der Waals surface area contributed by atoms with Crippen molar-refractivity contribution in [2.24, 2.45) is 0 Å². The number of rotatable bonds is 3. The smallest absolute Gasteiger partial charge is 0.251 e. The van der Waals surface area contributed by atoms with E-state index in [2.05, 4.69) is 5.32 Å². The Labute approximate surface area is 113 Å². The third kappa shape index (κ3) is 3.35. The van der Waals surface area contributed by atoms with Gasteiger partial charge in [0.05, 0.1) is 6.04 Å². The second-order valence-corrected chi connectivity index (χ2v) is 4.74. The summed E-state index contributed by atoms with van der Waals surface area (Å²) in [5.74, 6) is -0.105. The fraction of sp³-hybridized carbons (Fsp3) is 0.188. The molecule has 0 saturated heterocycles. The zero-order valence-corrected chi connectivity index (χ0v) is 11.2. The molecule has 0 aliphatic rings. The zero-order chi connectivity index (χ0) is 13.8. The van der Waals surface area contributed by atoms with Crippen LogP contribution in [-0.2, 0) is 0 Å². The highest BCUT2D eigenvalue weighted by molar-refractivity contribution is 5.95. The monoisotopic (exact) mass is 254 g/mol. The molecule has 3 nitrogen and oxygen atoms in total. The van der Waals surface area contributed by atoms with Crippen LogP contribution in [0.1, 0.15) is 34.5 Å². The highest BCUT2D eigenvalue weighted by Gasteiger charge is 2.11. The number of hydrogen-bond donors (Lipinski definition) is 2. The van der Waals surface area contributed by atoms with Crippen LogP contribution in [0.25, 0.3) is 0 Å². The Morgan fingerprint density at radius 3 is 2.47 bits per heavy atom. The van der Waals surface area contributed by atoms with Crippen LogP contribution in [0, 0.1) is 6.92 Å². The maximum absolute atomic E-state index is 12.2. The lowest BCUT2D eigenvalue weighted by molar-refractivity contribution is 0.0940. The largest absolute Gasteiger partial charge is 0.399 e. The fourth-order valence-electron chi connectivity index (χ4n) is 2.05. The second-order valence-electron chi connectivity index (χ2n) is 4.74. The number of nitrogens with two attached hydrogens (primary N) is 1. The number of anilines is 1. The highest BCUT2D eigenvalue weighted by Crippen LogP contribution is 2.15. The van der Waals surface area contributed by atoms with Crippen molar-refractivity contribution in [3.05, 3.63) is 65.2 Å². The number of aryl methyl sites for hydroxylation is 1. The van der Waals surface area contributed by atoms with Crippen molar-refractivity contribution < 1.29 is 4.79 Å². The number of hydrogen-bond acceptors (Lipinski definition) is 2. The molecule has 0 aliphatic heterocycles. The average molecular weight is 254 g/mol. The summed E-state index contributed by atoms with van der Waals surface area (Å²) in [5.41, 5.74) is 9.03. The fourth-order valence-corrected chi connectivity index (χ4v) is 2.05. The van der Waals surface area contributed by atoms with Gasteiger partial charge in [-0.1, -0.05) is 30.3 Å². The summed E-state index contributed by atoms with van der Waals surface area (Å²) in [4.78, 5) is 12.2. The van der Waals surface area contributed by atoms with Gasteiger partial charge in [-0.25, -0.2) is 0 Å². The van der Waals surface area contributed by atoms with Gasteiger partial charge >= 0.3 is 0 Å². The maximum Gasteiger partial charge on any atom is 0.251 e. The molecule has 19 heavy (non-hydrogen) atoms. The van der Waals surface area contributed by atoms with Crippen molar-refractivity contribution in [1.82, 2.24) is 5.32 Å². The summed E-state index contributed by atoms with van der Waals surface area (Å²) < 4.78 is 0. The van der Waals surface area contributed by atoms with Crippen molar-refractivity contribution in [3.63, 3.8) is 0 Å². The molecule has 2 rings (SSSR count). The van der Waals surface area contributed by atoms with E-state index in [1.165, 1.54) is 0 Å². The van der Waals surface area contributed by atoms with Gasteiger partial charge < -0.3 is 11.1 Å². The molecule has 0 spiro atoms. The molecule has 1 amide bonds. The minimum Gasteiger partial charge on any atom is -0.399 e. The zero-order valence-electron chi connectivity index (χ0n) is 11.2. The number of nitrogens with one attached hydrogen (secondary N) is 1. The minimum absolute atomic E-state index is 0.0320. The van der Waals surface area contributed by atoms with E-state index in [1.54, 1.807) is 6.07 Å². The van der Waals surface area contributed by atoms with Crippen LogP contribution in [0.15, 0.2) is 48.5 Å². The molecular formula is C16H18N2O. The van der Waals surface area contributed by atoms with Gasteiger partial charge in [-0.05, 0) is 43.2 Å². The predicted octanol–water partition coefficient (Wildman–Crippen LogP) is 3.07. The van der Waals surface area contributed by atoms with E-state index in [4.69, 9.17) is 5.73 Å². The van der Waals surface area contributed by atoms with E-state index in [0.29, 0.717) is 11.3 Å². The standard InChI is InChI=1S/C16H18N2O/c1-11-8-14(10-15(17)9-11)16(19)18-12(2)13-6-4-3-5-7-13/h3-10,12H,17H2,1-2H3,(H,18,19)/t12-/m1/s1. The van der Waals surface area contributed by atoms with Crippen LogP contribution in [0.3, 0.4) is 0 Å². The van der Waals surface area contributed by atoms with Crippen LogP contribution in [-0.4, -0.2) is 5.91 Å². The first-order valence-electron chi connectivity index (χ1n) is 6.29. The molecule has 0 bridgehead atoms. The van der Waals surface area contributed by atoms with Crippen molar-refractivity contribution in [2.45, 2.75) is 19.9 Å². The summed E-state index contributed by atoms with van der Waals surface area (Å²) >= 11 is 0. The Morgan fingerprint density at radius 1 is 1.16 bits per heavy atom. The summed E-state index contributed by atoms with van der Waals surface area (Å²) in [6.45, 7) is 3.89. The Kier molecular flexibility index (Phi) is 3.85. The normalized spacial score (nSPS) is 11.9. The van der Waals surface area contributed by atoms with Crippen LogP contribution in [0.4, 0.5) is 5.69 Å². The topological polar surface area (TPSA) is 55.1 Å². The SMILES string of the molecule is Cc1cc(N)cc(C(=O)N[C@H](C)c2ccccc2)c1. The molecule has 98 valence electrons. The lowest BCUT2D eigenvalue weighted by Gasteiger charge is -2.14. The van der Waals surface area contributed by atoms with Crippen molar-refractivity contribution in [3.8, 4) is 0 Å². The molecule has 0 unspecified atom stereocenters. The van der Waals surface area contributed by atoms with Crippen LogP contribution in [0.5, 0.6) is 0 Å². The molecule has 0 heterocycles. The van der Waals surface area contributed by atoms with Gasteiger partial charge in [-0.15, -0.1) is 0 Å². The van der Waals surface area contributed by atoms with Gasteiger partial charge in [-0.2, -0.15) is 0 Å². The van der Waals surface area contributed by atoms with E-state index in [9.17, 15) is 4.79 Å². The van der Waals surface area contributed by atoms with E-state index in [0.717, 1.165) is 11.1 Å². The Bertz CT molecular complexity index is 558. The molecule has 0 saturated carbocycles. The van der Waals surface area contributed by atoms with Crippen molar-refractivity contribution >= 4 is 11.6 Å². The molecule has 3 heteroatoms. The molecule has 0 radical (unpaired) electrons. The number of benzene rings is 2. The lowest BCUT2D eigenvalue weighted by Crippen LogP contribution is -2.26. The van der Waals surface area contributed by atoms with E-state index in [1.807, 2.05) is 56.3 Å². The first-order chi connectivity index (χ1) is 9.06. The second kappa shape index (κ2) is 5.57. The molecule has 0 fully saturated rings. The van der Waals surface area contributed by atoms with E-state index < -0.39 is 0 Å². The third-order valence-corrected chi connectivity index (χ3v) is 3.01. The summed E-state index contributed by atoms with van der Waals surface area (Å²) in [7, 11) is 0. The van der Waals surface area contributed by atoms with Crippen molar-refractivity contribution in [2.75, 3.05) is 5.73 Å². The number of amides is 1. The first-order valence-corrected chi connectivity index (χ1v) is 6.29. The van der Waals surface area contributed by atoms with Gasteiger partial charge in [0.25, 0.3) is 5.91 Å². The van der Waals surface area contributed by atoms with Crippen molar-refractivity contribution in [1.29, 1.82) is 0 Å². The van der Waals surface area contributed by atoms with Gasteiger partial charge in [0.2, 0.25) is 0 Å². The minimum atomic E-state index is -0.105. The van der Waals surface area contributed by atoms with Gasteiger partial charge in [-0.3, -0.25) is 4.79 Å². The summed E-state index contributed by atoms with van der Waals surface area (Å²) in [6, 6.07) is 15.2. The Hall–Kier alpha value is -2.29. The van der Waals surface area contributed by atoms with E-state index in [-0.39, 0.29) is 11.9 Å². The highest BCUT2D eigenvalue weighted by atomic mass is 16.1. The quantitative estimate of drug-likeness (QED) is 0.827. The van der Waals surface area contributed by atoms with Crippen LogP contribution in [0.2, 0.25) is 0 Å². The average Bonchev–Trinajstić information content (AvgIpc) is 2.38. The predicted molar refractivity (Wildman–Crippen MR) is 77.9 cm³/mol. The van der Waals surface area contributed by atoms with Crippen LogP contribution >= 0.6 is 0 Å². The molecule has 2 aromatic rings. The molecule has 0 aromatic heterocycles. The van der Waals surface area contributed by atoms with Crippen LogP contribution < -0.4 is 11.1 Å². The number of carbonyl (C=O) groups excluding carboxylic acids is 1. The maximum atomic E-state index is 12.2. The Morgan fingerprint density at radius 2 is 1.84 bits per heavy atom. The Balaban J connectivity index is 2.13. The molecule has 3 N–H and O–H groups in total. The molecule has 1 atom stereocenters. The number of nitrogen functional groups attached to an aromatic ring is 1. The van der Waals surface area contributed by atoms with Gasteiger partial charge in [0, 0.05) is 11.3 Å². The molecule has 2 aromatic carbocycles. The number of carbonyl (C=O) groups is 1. The summed E-state index contributed by atoms with van der Waals surface area (Å²) in [6.07, 6.45) is 0. The third-order valence-electron chi connectivity index (χ3n) is 3.01. The van der Waals surface area contributed by atoms with E-state index >= 15 is 0 Å². The first kappa shape index (κ1) is 13.1. The van der Waals surface area contributed by atoms with Gasteiger partial charge in [0.1, 0.15) is 0 Å². The summed E-state index contributed by atoms with van der Waals surface area (Å²) in [5, 5.41) is 2.97. The molecule has 0 aliphatic carbocycles. The lowest BCUT2D eigenvalue weighted by atomic mass is 10.1.